The number of amides is 1. The Hall–Kier alpha value is -3.90. The minimum Gasteiger partial charge on any atom is -0.496 e. The summed E-state index contributed by atoms with van der Waals surface area (Å²) in [5.74, 6) is 1.96. The van der Waals surface area contributed by atoms with Gasteiger partial charge in [-0.1, -0.05) is 27.7 Å². The normalized spacial score (nSPS) is 10.9. The van der Waals surface area contributed by atoms with E-state index in [-0.39, 0.29) is 11.7 Å². The Labute approximate surface area is 226 Å². The summed E-state index contributed by atoms with van der Waals surface area (Å²) in [6.07, 6.45) is 4.85. The van der Waals surface area contributed by atoms with E-state index in [0.29, 0.717) is 33.8 Å². The Balaban J connectivity index is 1.50. The van der Waals surface area contributed by atoms with Gasteiger partial charge in [-0.3, -0.25) is 14.3 Å². The van der Waals surface area contributed by atoms with Crippen molar-refractivity contribution in [2.24, 2.45) is 5.10 Å². The molecule has 10 nitrogen and oxygen atoms in total. The van der Waals surface area contributed by atoms with Crippen LogP contribution in [0.4, 0.5) is 0 Å². The molecule has 2 aromatic heterocycles. The van der Waals surface area contributed by atoms with E-state index in [1.54, 1.807) is 31.6 Å². The van der Waals surface area contributed by atoms with Crippen molar-refractivity contribution in [1.82, 2.24) is 25.2 Å². The summed E-state index contributed by atoms with van der Waals surface area (Å²) in [6, 6.07) is 14.9. The molecule has 0 aliphatic carbocycles. The first-order valence-corrected chi connectivity index (χ1v) is 12.7. The van der Waals surface area contributed by atoms with Gasteiger partial charge >= 0.3 is 0 Å². The number of aromatic nitrogens is 4. The molecule has 1 amide bonds. The fourth-order valence-electron chi connectivity index (χ4n) is 3.37. The number of pyridine rings is 1. The largest absolute Gasteiger partial charge is 0.496 e. The van der Waals surface area contributed by atoms with Crippen molar-refractivity contribution in [1.29, 1.82) is 0 Å². The maximum Gasteiger partial charge on any atom is 0.250 e. The molecule has 0 saturated carbocycles. The summed E-state index contributed by atoms with van der Waals surface area (Å²) in [6.45, 7) is 0. The molecule has 4 aromatic rings. The van der Waals surface area contributed by atoms with Crippen molar-refractivity contribution < 1.29 is 19.0 Å². The van der Waals surface area contributed by atoms with Gasteiger partial charge in [0.2, 0.25) is 0 Å². The molecule has 37 heavy (non-hydrogen) atoms. The van der Waals surface area contributed by atoms with Crippen LogP contribution in [0, 0.1) is 0 Å². The second-order valence-corrected chi connectivity index (χ2v) is 9.24. The van der Waals surface area contributed by atoms with Crippen molar-refractivity contribution in [2.75, 3.05) is 27.1 Å². The van der Waals surface area contributed by atoms with E-state index in [0.717, 1.165) is 15.7 Å². The molecule has 0 fully saturated rings. The number of benzene rings is 2. The maximum absolute atomic E-state index is 12.6. The molecule has 0 radical (unpaired) electrons. The van der Waals surface area contributed by atoms with E-state index in [2.05, 4.69) is 41.6 Å². The lowest BCUT2D eigenvalue weighted by Gasteiger charge is -2.12. The Morgan fingerprint density at radius 3 is 2.32 bits per heavy atom. The van der Waals surface area contributed by atoms with E-state index in [4.69, 9.17) is 14.2 Å². The number of halogens is 1. The van der Waals surface area contributed by atoms with Gasteiger partial charge in [-0.2, -0.15) is 5.10 Å². The molecular weight excluding hydrogens is 560 g/mol. The standard InChI is InChI=1S/C25H23BrN6O4S/c1-34-19-12-21(35-2)20(22(13-19)36-3)14-28-29-23(33)15-37-25-31-30-24(16-8-10-27-11-9-16)32(25)18-6-4-17(26)5-7-18/h4-14H,15H2,1-3H3,(H,29,33). The maximum atomic E-state index is 12.6. The topological polar surface area (TPSA) is 113 Å². The summed E-state index contributed by atoms with van der Waals surface area (Å²) >= 11 is 4.71. The van der Waals surface area contributed by atoms with Gasteiger partial charge < -0.3 is 14.2 Å². The second-order valence-electron chi connectivity index (χ2n) is 7.38. The van der Waals surface area contributed by atoms with Crippen LogP contribution in [0.2, 0.25) is 0 Å². The molecule has 0 bridgehead atoms. The first kappa shape index (κ1) is 26.2. The lowest BCUT2D eigenvalue weighted by molar-refractivity contribution is -0.118. The Morgan fingerprint density at radius 2 is 1.70 bits per heavy atom. The zero-order valence-corrected chi connectivity index (χ0v) is 22.6. The average Bonchev–Trinajstić information content (AvgIpc) is 3.36. The van der Waals surface area contributed by atoms with Crippen LogP contribution in [-0.2, 0) is 4.79 Å². The van der Waals surface area contributed by atoms with E-state index < -0.39 is 0 Å². The molecule has 0 aliphatic rings. The van der Waals surface area contributed by atoms with Gasteiger partial charge in [0.1, 0.15) is 17.2 Å². The predicted octanol–water partition coefficient (Wildman–Crippen LogP) is 4.36. The number of carbonyl (C=O) groups excluding carboxylic acids is 1. The Kier molecular flexibility index (Phi) is 8.75. The molecule has 0 aliphatic heterocycles. The molecule has 4 rings (SSSR count). The zero-order chi connectivity index (χ0) is 26.2. The number of hydrogen-bond acceptors (Lipinski definition) is 9. The number of hydrazone groups is 1. The Bertz CT molecular complexity index is 1370. The van der Waals surface area contributed by atoms with Gasteiger partial charge in [-0.05, 0) is 36.4 Å². The summed E-state index contributed by atoms with van der Waals surface area (Å²) in [5.41, 5.74) is 4.81. The highest BCUT2D eigenvalue weighted by Crippen LogP contribution is 2.33. The number of thioether (sulfide) groups is 1. The third-order valence-corrected chi connectivity index (χ3v) is 6.58. The summed E-state index contributed by atoms with van der Waals surface area (Å²) in [4.78, 5) is 16.7. The van der Waals surface area contributed by atoms with Gasteiger partial charge in [0.15, 0.2) is 11.0 Å². The number of hydrogen-bond donors (Lipinski definition) is 1. The summed E-state index contributed by atoms with van der Waals surface area (Å²) in [7, 11) is 4.61. The van der Waals surface area contributed by atoms with E-state index in [1.165, 1.54) is 32.2 Å². The highest BCUT2D eigenvalue weighted by Gasteiger charge is 2.17. The third kappa shape index (κ3) is 6.27. The van der Waals surface area contributed by atoms with Crippen LogP contribution in [0.15, 0.2) is 75.7 Å². The minimum atomic E-state index is -0.316. The van der Waals surface area contributed by atoms with E-state index in [9.17, 15) is 4.79 Å². The van der Waals surface area contributed by atoms with Gasteiger partial charge in [0, 0.05) is 40.2 Å². The van der Waals surface area contributed by atoms with Crippen LogP contribution in [0.3, 0.4) is 0 Å². The molecule has 2 aromatic carbocycles. The highest BCUT2D eigenvalue weighted by molar-refractivity contribution is 9.10. The Morgan fingerprint density at radius 1 is 1.03 bits per heavy atom. The van der Waals surface area contributed by atoms with Crippen LogP contribution < -0.4 is 19.6 Å². The SMILES string of the molecule is COc1cc(OC)c(C=NNC(=O)CSc2nnc(-c3ccncc3)n2-c2ccc(Br)cc2)c(OC)c1. The van der Waals surface area contributed by atoms with Crippen molar-refractivity contribution in [2.45, 2.75) is 5.16 Å². The number of methoxy groups -OCH3 is 3. The zero-order valence-electron chi connectivity index (χ0n) is 20.2. The molecule has 2 heterocycles. The van der Waals surface area contributed by atoms with Gasteiger partial charge in [0.25, 0.3) is 5.91 Å². The average molecular weight is 583 g/mol. The van der Waals surface area contributed by atoms with Crippen molar-refractivity contribution in [3.8, 4) is 34.3 Å². The van der Waals surface area contributed by atoms with Crippen LogP contribution >= 0.6 is 27.7 Å². The molecule has 1 N–H and O–H groups in total. The van der Waals surface area contributed by atoms with Gasteiger partial charge in [0.05, 0.1) is 38.9 Å². The van der Waals surface area contributed by atoms with Crippen LogP contribution in [0.25, 0.3) is 17.1 Å². The van der Waals surface area contributed by atoms with E-state index in [1.807, 2.05) is 41.0 Å². The quantitative estimate of drug-likeness (QED) is 0.167. The lowest BCUT2D eigenvalue weighted by Crippen LogP contribution is -2.20. The first-order chi connectivity index (χ1) is 18.0. The van der Waals surface area contributed by atoms with E-state index >= 15 is 0 Å². The predicted molar refractivity (Wildman–Crippen MR) is 145 cm³/mol. The summed E-state index contributed by atoms with van der Waals surface area (Å²) < 4.78 is 18.9. The van der Waals surface area contributed by atoms with Crippen molar-refractivity contribution >= 4 is 39.8 Å². The number of carbonyl (C=O) groups is 1. The smallest absolute Gasteiger partial charge is 0.250 e. The number of ether oxygens (including phenoxy) is 3. The molecule has 0 atom stereocenters. The fraction of sp³-hybridized carbons (Fsp3) is 0.160. The third-order valence-electron chi connectivity index (χ3n) is 5.13. The molecule has 12 heteroatoms. The molecule has 0 spiro atoms. The fourth-order valence-corrected chi connectivity index (χ4v) is 4.37. The van der Waals surface area contributed by atoms with Crippen LogP contribution in [0.1, 0.15) is 5.56 Å². The van der Waals surface area contributed by atoms with Crippen molar-refractivity contribution in [3.63, 3.8) is 0 Å². The number of nitrogens with zero attached hydrogens (tertiary/aromatic N) is 5. The second kappa shape index (κ2) is 12.4. The number of rotatable bonds is 10. The number of nitrogens with one attached hydrogen (secondary N) is 1. The summed E-state index contributed by atoms with van der Waals surface area (Å²) in [5, 5.41) is 13.3. The van der Waals surface area contributed by atoms with Gasteiger partial charge in [-0.25, -0.2) is 5.43 Å². The molecule has 0 unspecified atom stereocenters. The van der Waals surface area contributed by atoms with Crippen molar-refractivity contribution in [3.05, 3.63) is 71.0 Å². The monoisotopic (exact) mass is 582 g/mol. The molecular formula is C25H23BrN6O4S. The lowest BCUT2D eigenvalue weighted by atomic mass is 10.2. The molecule has 190 valence electrons. The minimum absolute atomic E-state index is 0.0687. The molecule has 0 saturated heterocycles. The first-order valence-electron chi connectivity index (χ1n) is 10.9. The van der Waals surface area contributed by atoms with Crippen LogP contribution in [0.5, 0.6) is 17.2 Å². The highest BCUT2D eigenvalue weighted by atomic mass is 79.9. The van der Waals surface area contributed by atoms with Crippen LogP contribution in [-0.4, -0.2) is 59.0 Å². The van der Waals surface area contributed by atoms with Gasteiger partial charge in [-0.15, -0.1) is 10.2 Å².